The number of aliphatic hydroxyl groups excluding tert-OH is 1. The Hall–Kier alpha value is -2.13. The van der Waals surface area contributed by atoms with Gasteiger partial charge >= 0.3 is 0 Å². The molecule has 2 aromatic rings. The topological polar surface area (TPSA) is 103 Å². The number of amides is 1. The molecule has 2 rings (SSSR count). The van der Waals surface area contributed by atoms with E-state index in [9.17, 15) is 14.3 Å². The number of carbonyl (C=O) groups is 1. The number of rotatable bonds is 11. The summed E-state index contributed by atoms with van der Waals surface area (Å²) in [6.07, 6.45) is -0.0701. The molecule has 1 amide bonds. The zero-order valence-electron chi connectivity index (χ0n) is 15.5. The van der Waals surface area contributed by atoms with E-state index in [1.165, 1.54) is 36.0 Å². The number of aryl methyl sites for hydroxylation is 1. The highest BCUT2D eigenvalue weighted by Gasteiger charge is 2.16. The van der Waals surface area contributed by atoms with Crippen molar-refractivity contribution in [1.29, 1.82) is 0 Å². The van der Waals surface area contributed by atoms with Gasteiger partial charge in [-0.2, -0.15) is 0 Å². The van der Waals surface area contributed by atoms with Crippen LogP contribution in [0.4, 0.5) is 4.39 Å². The third kappa shape index (κ3) is 7.18. The van der Waals surface area contributed by atoms with Gasteiger partial charge in [-0.3, -0.25) is 4.79 Å². The van der Waals surface area contributed by atoms with Crippen molar-refractivity contribution in [2.45, 2.75) is 44.5 Å². The molecule has 0 aliphatic carbocycles. The van der Waals surface area contributed by atoms with Gasteiger partial charge in [-0.15, -0.1) is 10.2 Å². The third-order valence-corrected chi connectivity index (χ3v) is 4.71. The number of aliphatic hydroxyl groups is 1. The van der Waals surface area contributed by atoms with Gasteiger partial charge in [0.2, 0.25) is 5.91 Å². The van der Waals surface area contributed by atoms with Gasteiger partial charge in [-0.1, -0.05) is 25.6 Å². The second kappa shape index (κ2) is 10.3. The van der Waals surface area contributed by atoms with Crippen LogP contribution < -0.4 is 10.5 Å². The molecular formula is C18H25FN4O3S. The van der Waals surface area contributed by atoms with Gasteiger partial charge in [0, 0.05) is 25.1 Å². The maximum absolute atomic E-state index is 12.9. The maximum Gasteiger partial charge on any atom is 0.217 e. The van der Waals surface area contributed by atoms with E-state index >= 15 is 0 Å². The summed E-state index contributed by atoms with van der Waals surface area (Å²) in [4.78, 5) is 11.0. The minimum atomic E-state index is -0.724. The zero-order valence-corrected chi connectivity index (χ0v) is 16.3. The SMILES string of the molecule is CC(C)Cn1c(CCC(N)=O)nnc1SCC(O)COc1ccc(F)cc1. The van der Waals surface area contributed by atoms with Gasteiger partial charge in [0.15, 0.2) is 5.16 Å². The van der Waals surface area contributed by atoms with Crippen LogP contribution in [0.3, 0.4) is 0 Å². The number of nitrogens with two attached hydrogens (primary N) is 1. The molecular weight excluding hydrogens is 371 g/mol. The second-order valence-corrected chi connectivity index (χ2v) is 7.59. The molecule has 0 aliphatic heterocycles. The van der Waals surface area contributed by atoms with E-state index in [-0.39, 0.29) is 24.8 Å². The molecule has 0 saturated carbocycles. The number of hydrogen-bond donors (Lipinski definition) is 2. The third-order valence-electron chi connectivity index (χ3n) is 3.60. The number of carbonyl (C=O) groups excluding carboxylic acids is 1. The van der Waals surface area contributed by atoms with Crippen molar-refractivity contribution in [2.24, 2.45) is 11.7 Å². The van der Waals surface area contributed by atoms with Crippen molar-refractivity contribution >= 4 is 17.7 Å². The average molecular weight is 396 g/mol. The van der Waals surface area contributed by atoms with Crippen molar-refractivity contribution in [3.05, 3.63) is 35.9 Å². The maximum atomic E-state index is 12.9. The largest absolute Gasteiger partial charge is 0.491 e. The van der Waals surface area contributed by atoms with Crippen LogP contribution in [0, 0.1) is 11.7 Å². The molecule has 0 saturated heterocycles. The Labute approximate surface area is 162 Å². The highest BCUT2D eigenvalue weighted by molar-refractivity contribution is 7.99. The summed E-state index contributed by atoms with van der Waals surface area (Å²) in [6, 6.07) is 5.63. The highest BCUT2D eigenvalue weighted by Crippen LogP contribution is 2.21. The van der Waals surface area contributed by atoms with Crippen LogP contribution in [0.5, 0.6) is 5.75 Å². The van der Waals surface area contributed by atoms with E-state index in [0.29, 0.717) is 41.4 Å². The lowest BCUT2D eigenvalue weighted by Gasteiger charge is -2.14. The number of benzene rings is 1. The van der Waals surface area contributed by atoms with Crippen molar-refractivity contribution in [3.63, 3.8) is 0 Å². The van der Waals surface area contributed by atoms with Crippen LogP contribution in [0.1, 0.15) is 26.1 Å². The lowest BCUT2D eigenvalue weighted by molar-refractivity contribution is -0.118. The monoisotopic (exact) mass is 396 g/mol. The summed E-state index contributed by atoms with van der Waals surface area (Å²) in [7, 11) is 0. The molecule has 3 N–H and O–H groups in total. The fourth-order valence-electron chi connectivity index (χ4n) is 2.34. The molecule has 148 valence electrons. The average Bonchev–Trinajstić information content (AvgIpc) is 2.98. The van der Waals surface area contributed by atoms with Gasteiger partial charge < -0.3 is 20.1 Å². The molecule has 1 aromatic heterocycles. The Balaban J connectivity index is 1.90. The Kier molecular flexibility index (Phi) is 8.05. The smallest absolute Gasteiger partial charge is 0.217 e. The summed E-state index contributed by atoms with van der Waals surface area (Å²) in [5.41, 5.74) is 5.22. The van der Waals surface area contributed by atoms with E-state index in [0.717, 1.165) is 0 Å². The van der Waals surface area contributed by atoms with Crippen molar-refractivity contribution in [1.82, 2.24) is 14.8 Å². The Morgan fingerprint density at radius 1 is 1.33 bits per heavy atom. The molecule has 27 heavy (non-hydrogen) atoms. The molecule has 0 radical (unpaired) electrons. The van der Waals surface area contributed by atoms with Gasteiger partial charge in [0.05, 0.1) is 6.10 Å². The minimum absolute atomic E-state index is 0.0888. The standard InChI is InChI=1S/C18H25FN4O3S/c1-12(2)9-23-17(8-7-16(20)25)21-22-18(23)27-11-14(24)10-26-15-5-3-13(19)4-6-15/h3-6,12,14,24H,7-11H2,1-2H3,(H2,20,25). The Morgan fingerprint density at radius 2 is 2.04 bits per heavy atom. The lowest BCUT2D eigenvalue weighted by Crippen LogP contribution is -2.20. The summed E-state index contributed by atoms with van der Waals surface area (Å²) in [5.74, 6) is 1.23. The van der Waals surface area contributed by atoms with Gasteiger partial charge in [0.1, 0.15) is 24.0 Å². The molecule has 1 unspecified atom stereocenters. The normalized spacial score (nSPS) is 12.3. The van der Waals surface area contributed by atoms with E-state index < -0.39 is 6.10 Å². The van der Waals surface area contributed by atoms with Gasteiger partial charge in [-0.25, -0.2) is 4.39 Å². The van der Waals surface area contributed by atoms with E-state index in [1.54, 1.807) is 0 Å². The predicted octanol–water partition coefficient (Wildman–Crippen LogP) is 2.02. The van der Waals surface area contributed by atoms with E-state index in [2.05, 4.69) is 24.0 Å². The number of hydrogen-bond acceptors (Lipinski definition) is 6. The van der Waals surface area contributed by atoms with E-state index in [4.69, 9.17) is 10.5 Å². The lowest BCUT2D eigenvalue weighted by atomic mass is 10.2. The summed E-state index contributed by atoms with van der Waals surface area (Å²) in [5, 5.41) is 19.2. The first-order valence-electron chi connectivity index (χ1n) is 8.74. The number of thioether (sulfide) groups is 1. The quantitative estimate of drug-likeness (QED) is 0.563. The first-order chi connectivity index (χ1) is 12.8. The molecule has 0 aliphatic rings. The summed E-state index contributed by atoms with van der Waals surface area (Å²) >= 11 is 1.37. The number of halogens is 1. The fourth-order valence-corrected chi connectivity index (χ4v) is 3.21. The van der Waals surface area contributed by atoms with Gasteiger partial charge in [0.25, 0.3) is 0 Å². The minimum Gasteiger partial charge on any atom is -0.491 e. The zero-order chi connectivity index (χ0) is 19.8. The van der Waals surface area contributed by atoms with Crippen molar-refractivity contribution in [3.8, 4) is 5.75 Å². The van der Waals surface area contributed by atoms with E-state index in [1.807, 2.05) is 4.57 Å². The second-order valence-electron chi connectivity index (χ2n) is 6.60. The Bertz CT molecular complexity index is 737. The summed E-state index contributed by atoms with van der Waals surface area (Å²) in [6.45, 7) is 4.96. The number of primary amides is 1. The molecule has 9 heteroatoms. The fraction of sp³-hybridized carbons (Fsp3) is 0.500. The first-order valence-corrected chi connectivity index (χ1v) is 9.73. The molecule has 0 bridgehead atoms. The van der Waals surface area contributed by atoms with Crippen molar-refractivity contribution in [2.75, 3.05) is 12.4 Å². The van der Waals surface area contributed by atoms with Crippen molar-refractivity contribution < 1.29 is 19.0 Å². The molecule has 0 spiro atoms. The molecule has 7 nitrogen and oxygen atoms in total. The van der Waals surface area contributed by atoms with Crippen LogP contribution >= 0.6 is 11.8 Å². The predicted molar refractivity (Wildman–Crippen MR) is 101 cm³/mol. The Morgan fingerprint density at radius 3 is 2.67 bits per heavy atom. The first kappa shape index (κ1) is 21.2. The molecule has 0 fully saturated rings. The van der Waals surface area contributed by atoms with Crippen LogP contribution in [0.25, 0.3) is 0 Å². The van der Waals surface area contributed by atoms with Crippen LogP contribution in [0.2, 0.25) is 0 Å². The van der Waals surface area contributed by atoms with Crippen LogP contribution in [-0.4, -0.2) is 44.2 Å². The van der Waals surface area contributed by atoms with Gasteiger partial charge in [-0.05, 0) is 30.2 Å². The van der Waals surface area contributed by atoms with Crippen LogP contribution in [0.15, 0.2) is 29.4 Å². The highest BCUT2D eigenvalue weighted by atomic mass is 32.2. The number of aromatic nitrogens is 3. The molecule has 1 heterocycles. The molecule has 1 aromatic carbocycles. The number of ether oxygens (including phenoxy) is 1. The summed E-state index contributed by atoms with van der Waals surface area (Å²) < 4.78 is 20.3. The van der Waals surface area contributed by atoms with Crippen LogP contribution in [-0.2, 0) is 17.8 Å². The molecule has 1 atom stereocenters. The number of nitrogens with zero attached hydrogens (tertiary/aromatic N) is 3.